The van der Waals surface area contributed by atoms with Crippen molar-refractivity contribution >= 4 is 12.1 Å². The molecule has 6 heteroatoms. The lowest BCUT2D eigenvalue weighted by Gasteiger charge is -2.39. The van der Waals surface area contributed by atoms with Crippen LogP contribution in [0.1, 0.15) is 40.0 Å². The molecule has 2 aliphatic rings. The van der Waals surface area contributed by atoms with Gasteiger partial charge in [-0.05, 0) is 40.0 Å². The molecule has 2 fully saturated rings. The average molecular weight is 285 g/mol. The summed E-state index contributed by atoms with van der Waals surface area (Å²) in [5, 5.41) is 9.02. The van der Waals surface area contributed by atoms with Gasteiger partial charge in [-0.25, -0.2) is 9.59 Å². The van der Waals surface area contributed by atoms with E-state index in [1.807, 2.05) is 20.8 Å². The lowest BCUT2D eigenvalue weighted by Crippen LogP contribution is -2.48. The Morgan fingerprint density at radius 3 is 2.65 bits per heavy atom. The van der Waals surface area contributed by atoms with Gasteiger partial charge in [0.05, 0.1) is 6.61 Å². The molecule has 2 rings (SSSR count). The van der Waals surface area contributed by atoms with Crippen LogP contribution in [0.4, 0.5) is 4.79 Å². The molecular weight excluding hydrogens is 262 g/mol. The van der Waals surface area contributed by atoms with Crippen molar-refractivity contribution in [3.05, 3.63) is 0 Å². The summed E-state index contributed by atoms with van der Waals surface area (Å²) in [6.45, 7) is 7.10. The second-order valence-corrected chi connectivity index (χ2v) is 6.85. The molecule has 0 unspecified atom stereocenters. The number of aliphatic carboxylic acids is 1. The minimum atomic E-state index is -0.920. The van der Waals surface area contributed by atoms with Crippen molar-refractivity contribution in [2.75, 3.05) is 19.7 Å². The van der Waals surface area contributed by atoms with Crippen LogP contribution in [-0.4, -0.2) is 53.5 Å². The summed E-state index contributed by atoms with van der Waals surface area (Å²) in [6, 6.07) is 0. The number of carbonyl (C=O) groups excluding carboxylic acids is 1. The quantitative estimate of drug-likeness (QED) is 0.796. The summed E-state index contributed by atoms with van der Waals surface area (Å²) >= 11 is 0. The molecule has 0 bridgehead atoms. The normalized spacial score (nSPS) is 30.6. The molecule has 6 nitrogen and oxygen atoms in total. The third-order valence-electron chi connectivity index (χ3n) is 3.80. The van der Waals surface area contributed by atoms with Crippen LogP contribution in [-0.2, 0) is 14.3 Å². The molecule has 1 amide bonds. The molecular formula is C14H23NO5. The maximum Gasteiger partial charge on any atom is 0.410 e. The lowest BCUT2D eigenvalue weighted by molar-refractivity contribution is -0.147. The number of likely N-dealkylation sites (tertiary alicyclic amines) is 1. The van der Waals surface area contributed by atoms with Crippen molar-refractivity contribution in [1.82, 2.24) is 4.90 Å². The number of hydrogen-bond donors (Lipinski definition) is 1. The highest BCUT2D eigenvalue weighted by Crippen LogP contribution is 2.40. The van der Waals surface area contributed by atoms with E-state index in [2.05, 4.69) is 0 Å². The van der Waals surface area contributed by atoms with Crippen LogP contribution in [0.5, 0.6) is 0 Å². The number of nitrogens with zero attached hydrogens (tertiary/aromatic N) is 1. The Labute approximate surface area is 119 Å². The fourth-order valence-electron chi connectivity index (χ4n) is 2.92. The summed E-state index contributed by atoms with van der Waals surface area (Å²) in [6.07, 6.45) is 1.16. The minimum Gasteiger partial charge on any atom is -0.479 e. The number of hydrogen-bond acceptors (Lipinski definition) is 4. The molecule has 114 valence electrons. The van der Waals surface area contributed by atoms with Gasteiger partial charge in [0.25, 0.3) is 0 Å². The number of piperidine rings is 1. The maximum absolute atomic E-state index is 12.1. The van der Waals surface area contributed by atoms with Crippen LogP contribution in [0.25, 0.3) is 0 Å². The number of amides is 1. The SMILES string of the molecule is CC(C)(C)OC(=O)N1CCC[C@]2(CO[C@@H](C(=O)O)C2)C1. The van der Waals surface area contributed by atoms with E-state index in [0.29, 0.717) is 26.1 Å². The zero-order valence-electron chi connectivity index (χ0n) is 12.3. The molecule has 0 aromatic rings. The number of carboxylic acid groups (broad SMARTS) is 1. The summed E-state index contributed by atoms with van der Waals surface area (Å²) in [7, 11) is 0. The Kier molecular flexibility index (Phi) is 3.95. The molecule has 0 aliphatic carbocycles. The predicted molar refractivity (Wildman–Crippen MR) is 71.5 cm³/mol. The lowest BCUT2D eigenvalue weighted by atomic mass is 9.78. The third-order valence-corrected chi connectivity index (χ3v) is 3.80. The molecule has 1 N–H and O–H groups in total. The summed E-state index contributed by atoms with van der Waals surface area (Å²) in [5.41, 5.74) is -0.740. The molecule has 0 saturated carbocycles. The van der Waals surface area contributed by atoms with Gasteiger partial charge in [0.2, 0.25) is 0 Å². The van der Waals surface area contributed by atoms with Gasteiger partial charge < -0.3 is 19.5 Å². The monoisotopic (exact) mass is 285 g/mol. The van der Waals surface area contributed by atoms with E-state index in [4.69, 9.17) is 14.6 Å². The zero-order valence-corrected chi connectivity index (χ0v) is 12.3. The van der Waals surface area contributed by atoms with E-state index in [0.717, 1.165) is 12.8 Å². The maximum atomic E-state index is 12.1. The average Bonchev–Trinajstić information content (AvgIpc) is 2.71. The van der Waals surface area contributed by atoms with Crippen LogP contribution >= 0.6 is 0 Å². The number of carbonyl (C=O) groups is 2. The van der Waals surface area contributed by atoms with E-state index in [1.165, 1.54) is 0 Å². The van der Waals surface area contributed by atoms with Crippen LogP contribution in [0.15, 0.2) is 0 Å². The Balaban J connectivity index is 1.99. The van der Waals surface area contributed by atoms with Crippen molar-refractivity contribution < 1.29 is 24.2 Å². The van der Waals surface area contributed by atoms with Crippen molar-refractivity contribution in [3.63, 3.8) is 0 Å². The summed E-state index contributed by atoms with van der Waals surface area (Å²) in [5.74, 6) is -0.920. The van der Waals surface area contributed by atoms with E-state index in [9.17, 15) is 9.59 Å². The number of rotatable bonds is 1. The Morgan fingerprint density at radius 1 is 1.40 bits per heavy atom. The molecule has 2 saturated heterocycles. The first-order valence-corrected chi connectivity index (χ1v) is 7.03. The smallest absolute Gasteiger partial charge is 0.410 e. The summed E-state index contributed by atoms with van der Waals surface area (Å²) < 4.78 is 10.7. The van der Waals surface area contributed by atoms with Crippen molar-refractivity contribution in [1.29, 1.82) is 0 Å². The molecule has 2 atom stereocenters. The van der Waals surface area contributed by atoms with Gasteiger partial charge in [0.15, 0.2) is 6.10 Å². The highest BCUT2D eigenvalue weighted by atomic mass is 16.6. The van der Waals surface area contributed by atoms with Gasteiger partial charge in [-0.1, -0.05) is 0 Å². The second kappa shape index (κ2) is 5.24. The van der Waals surface area contributed by atoms with Gasteiger partial charge in [0, 0.05) is 18.5 Å². The molecule has 0 radical (unpaired) electrons. The topological polar surface area (TPSA) is 76.1 Å². The first-order chi connectivity index (χ1) is 9.21. The second-order valence-electron chi connectivity index (χ2n) is 6.85. The zero-order chi connectivity index (χ0) is 15.0. The van der Waals surface area contributed by atoms with Gasteiger partial charge >= 0.3 is 12.1 Å². The number of carboxylic acids is 1. The van der Waals surface area contributed by atoms with Crippen LogP contribution in [0.2, 0.25) is 0 Å². The van der Waals surface area contributed by atoms with Crippen molar-refractivity contribution in [3.8, 4) is 0 Å². The molecule has 2 aliphatic heterocycles. The molecule has 2 heterocycles. The van der Waals surface area contributed by atoms with E-state index in [1.54, 1.807) is 4.90 Å². The fraction of sp³-hybridized carbons (Fsp3) is 0.857. The highest BCUT2D eigenvalue weighted by Gasteiger charge is 2.46. The van der Waals surface area contributed by atoms with Crippen molar-refractivity contribution in [2.45, 2.75) is 51.7 Å². The first kappa shape index (κ1) is 15.1. The Hall–Kier alpha value is -1.30. The minimum absolute atomic E-state index is 0.224. The Morgan fingerprint density at radius 2 is 2.10 bits per heavy atom. The molecule has 1 spiro atoms. The van der Waals surface area contributed by atoms with Crippen LogP contribution in [0.3, 0.4) is 0 Å². The fourth-order valence-corrected chi connectivity index (χ4v) is 2.92. The molecule has 0 aromatic carbocycles. The highest BCUT2D eigenvalue weighted by molar-refractivity contribution is 5.73. The van der Waals surface area contributed by atoms with Crippen LogP contribution in [0, 0.1) is 5.41 Å². The van der Waals surface area contributed by atoms with Gasteiger partial charge in [-0.15, -0.1) is 0 Å². The van der Waals surface area contributed by atoms with Gasteiger partial charge in [-0.3, -0.25) is 0 Å². The van der Waals surface area contributed by atoms with Crippen molar-refractivity contribution in [2.24, 2.45) is 5.41 Å². The summed E-state index contributed by atoms with van der Waals surface area (Å²) in [4.78, 5) is 24.8. The van der Waals surface area contributed by atoms with Gasteiger partial charge in [-0.2, -0.15) is 0 Å². The van der Waals surface area contributed by atoms with E-state index in [-0.39, 0.29) is 11.5 Å². The van der Waals surface area contributed by atoms with E-state index >= 15 is 0 Å². The van der Waals surface area contributed by atoms with Crippen LogP contribution < -0.4 is 0 Å². The molecule has 0 aromatic heterocycles. The molecule has 20 heavy (non-hydrogen) atoms. The third kappa shape index (κ3) is 3.42. The van der Waals surface area contributed by atoms with E-state index < -0.39 is 17.7 Å². The largest absolute Gasteiger partial charge is 0.479 e. The Bertz CT molecular complexity index is 403. The van der Waals surface area contributed by atoms with Gasteiger partial charge in [0.1, 0.15) is 5.60 Å². The predicted octanol–water partition coefficient (Wildman–Crippen LogP) is 1.88. The first-order valence-electron chi connectivity index (χ1n) is 7.03. The standard InChI is InChI=1S/C14H23NO5/c1-13(2,3)20-12(18)15-6-4-5-14(8-15)7-10(11(16)17)19-9-14/h10H,4-9H2,1-3H3,(H,16,17)/t10-,14-/m1/s1. The number of ether oxygens (including phenoxy) is 2.